The molecule has 2 N–H and O–H groups in total. The lowest BCUT2D eigenvalue weighted by atomic mass is 10.2. The van der Waals surface area contributed by atoms with Gasteiger partial charge in [-0.05, 0) is 19.1 Å². The number of nitrogens with two attached hydrogens (primary N) is 1. The fourth-order valence-electron chi connectivity index (χ4n) is 2.33. The van der Waals surface area contributed by atoms with E-state index in [4.69, 9.17) is 17.3 Å². The predicted octanol–water partition coefficient (Wildman–Crippen LogP) is 2.87. The zero-order valence-electron chi connectivity index (χ0n) is 10.8. The highest BCUT2D eigenvalue weighted by molar-refractivity contribution is 6.31. The van der Waals surface area contributed by atoms with Crippen LogP contribution in [0.3, 0.4) is 0 Å². The average molecular weight is 294 g/mol. The van der Waals surface area contributed by atoms with Crippen molar-refractivity contribution >= 4 is 28.6 Å². The Bertz CT molecular complexity index is 750. The molecule has 2 aromatic heterocycles. The maximum Gasteiger partial charge on any atom is 0.201 e. The predicted molar refractivity (Wildman–Crippen MR) is 76.1 cm³/mol. The van der Waals surface area contributed by atoms with Gasteiger partial charge in [-0.3, -0.25) is 4.68 Å². The Labute approximate surface area is 119 Å². The van der Waals surface area contributed by atoms with Crippen molar-refractivity contribution in [3.8, 4) is 0 Å². The molecular formula is C13H13ClFN5. The fourth-order valence-corrected chi connectivity index (χ4v) is 2.49. The number of fused-ring (bicyclic) bond motifs is 1. The summed E-state index contributed by atoms with van der Waals surface area (Å²) in [5.74, 6) is -0.145. The van der Waals surface area contributed by atoms with Crippen LogP contribution in [0.1, 0.15) is 13.0 Å². The van der Waals surface area contributed by atoms with Crippen LogP contribution < -0.4 is 5.73 Å². The summed E-state index contributed by atoms with van der Waals surface area (Å²) in [5, 5.41) is 4.20. The number of aromatic nitrogens is 4. The molecule has 104 valence electrons. The first-order valence-electron chi connectivity index (χ1n) is 6.16. The quantitative estimate of drug-likeness (QED) is 0.807. The molecule has 7 heteroatoms. The molecule has 0 radical (unpaired) electrons. The van der Waals surface area contributed by atoms with Gasteiger partial charge in [-0.1, -0.05) is 11.6 Å². The number of halogens is 2. The van der Waals surface area contributed by atoms with E-state index < -0.39 is 5.82 Å². The number of hydrogen-bond donors (Lipinski definition) is 1. The zero-order chi connectivity index (χ0) is 14.3. The van der Waals surface area contributed by atoms with Gasteiger partial charge >= 0.3 is 0 Å². The van der Waals surface area contributed by atoms with E-state index in [-0.39, 0.29) is 11.1 Å². The highest BCUT2D eigenvalue weighted by atomic mass is 35.5. The summed E-state index contributed by atoms with van der Waals surface area (Å²) in [4.78, 5) is 4.23. The van der Waals surface area contributed by atoms with Crippen molar-refractivity contribution < 1.29 is 4.39 Å². The molecule has 0 amide bonds. The van der Waals surface area contributed by atoms with Crippen LogP contribution in [0.15, 0.2) is 30.6 Å². The normalized spacial score (nSPS) is 12.9. The number of hydrogen-bond acceptors (Lipinski definition) is 3. The second-order valence-corrected chi connectivity index (χ2v) is 5.08. The van der Waals surface area contributed by atoms with E-state index in [2.05, 4.69) is 10.1 Å². The third-order valence-corrected chi connectivity index (χ3v) is 3.50. The minimum atomic E-state index is -0.480. The lowest BCUT2D eigenvalue weighted by molar-refractivity contribution is 0.449. The monoisotopic (exact) mass is 293 g/mol. The summed E-state index contributed by atoms with van der Waals surface area (Å²) < 4.78 is 17.2. The molecule has 20 heavy (non-hydrogen) atoms. The highest BCUT2D eigenvalue weighted by Gasteiger charge is 2.16. The number of rotatable bonds is 3. The summed E-state index contributed by atoms with van der Waals surface area (Å²) in [6.45, 7) is 2.60. The molecular weight excluding hydrogens is 281 g/mol. The first-order valence-corrected chi connectivity index (χ1v) is 6.54. The van der Waals surface area contributed by atoms with Gasteiger partial charge in [-0.25, -0.2) is 9.37 Å². The molecule has 0 saturated carbocycles. The maximum absolute atomic E-state index is 13.6. The molecule has 1 atom stereocenters. The second kappa shape index (κ2) is 4.79. The van der Waals surface area contributed by atoms with E-state index in [1.165, 1.54) is 12.1 Å². The van der Waals surface area contributed by atoms with Crippen molar-refractivity contribution in [1.82, 2.24) is 19.3 Å². The van der Waals surface area contributed by atoms with Gasteiger partial charge in [0.05, 0.1) is 28.6 Å². The summed E-state index contributed by atoms with van der Waals surface area (Å²) >= 11 is 5.76. The van der Waals surface area contributed by atoms with E-state index >= 15 is 0 Å². The second-order valence-electron chi connectivity index (χ2n) is 4.67. The molecule has 2 heterocycles. The van der Waals surface area contributed by atoms with Crippen LogP contribution in [0.4, 0.5) is 10.3 Å². The molecule has 0 aliphatic carbocycles. The molecule has 0 spiro atoms. The Morgan fingerprint density at radius 3 is 2.95 bits per heavy atom. The average Bonchev–Trinajstić information content (AvgIpc) is 2.97. The summed E-state index contributed by atoms with van der Waals surface area (Å²) in [6.07, 6.45) is 3.57. The van der Waals surface area contributed by atoms with Gasteiger partial charge in [0, 0.05) is 18.5 Å². The van der Waals surface area contributed by atoms with Crippen LogP contribution in [-0.2, 0) is 6.54 Å². The summed E-state index contributed by atoms with van der Waals surface area (Å²) in [7, 11) is 0. The molecule has 0 bridgehead atoms. The highest BCUT2D eigenvalue weighted by Crippen LogP contribution is 2.27. The first kappa shape index (κ1) is 12.9. The van der Waals surface area contributed by atoms with Gasteiger partial charge in [0.15, 0.2) is 0 Å². The Morgan fingerprint density at radius 1 is 1.45 bits per heavy atom. The molecule has 0 aliphatic heterocycles. The van der Waals surface area contributed by atoms with Crippen LogP contribution in [0, 0.1) is 5.82 Å². The molecule has 3 rings (SSSR count). The smallest absolute Gasteiger partial charge is 0.201 e. The number of imidazole rings is 1. The van der Waals surface area contributed by atoms with E-state index in [0.717, 1.165) is 0 Å². The van der Waals surface area contributed by atoms with Crippen LogP contribution in [0.2, 0.25) is 5.02 Å². The standard InChI is InChI=1S/C13H13ClFN5/c1-8(7-19-4-2-3-17-19)20-12-6-10(15)9(14)5-11(12)18-13(20)16/h2-6,8H,7H2,1H3,(H2,16,18). The Balaban J connectivity index is 2.06. The Kier molecular flexibility index (Phi) is 3.10. The minimum absolute atomic E-state index is 0.0134. The maximum atomic E-state index is 13.6. The van der Waals surface area contributed by atoms with E-state index in [1.807, 2.05) is 19.2 Å². The number of benzene rings is 1. The fraction of sp³-hybridized carbons (Fsp3) is 0.231. The summed E-state index contributed by atoms with van der Waals surface area (Å²) in [5.41, 5.74) is 7.15. The molecule has 0 aliphatic rings. The van der Waals surface area contributed by atoms with Crippen molar-refractivity contribution in [3.05, 3.63) is 41.4 Å². The van der Waals surface area contributed by atoms with Crippen molar-refractivity contribution in [2.75, 3.05) is 5.73 Å². The van der Waals surface area contributed by atoms with Crippen molar-refractivity contribution in [2.24, 2.45) is 0 Å². The van der Waals surface area contributed by atoms with Crippen molar-refractivity contribution in [2.45, 2.75) is 19.5 Å². The molecule has 0 fully saturated rings. The number of anilines is 1. The third kappa shape index (κ3) is 2.12. The van der Waals surface area contributed by atoms with Crippen molar-refractivity contribution in [3.63, 3.8) is 0 Å². The number of nitrogens with zero attached hydrogens (tertiary/aromatic N) is 4. The van der Waals surface area contributed by atoms with Crippen LogP contribution in [-0.4, -0.2) is 19.3 Å². The van der Waals surface area contributed by atoms with Gasteiger partial charge in [-0.15, -0.1) is 0 Å². The van der Waals surface area contributed by atoms with E-state index in [1.54, 1.807) is 15.4 Å². The van der Waals surface area contributed by atoms with Crippen LogP contribution in [0.5, 0.6) is 0 Å². The zero-order valence-corrected chi connectivity index (χ0v) is 11.5. The lowest BCUT2D eigenvalue weighted by Crippen LogP contribution is -2.15. The Hall–Kier alpha value is -2.08. The molecule has 0 saturated heterocycles. The van der Waals surface area contributed by atoms with Crippen LogP contribution >= 0.6 is 11.6 Å². The molecule has 1 aromatic carbocycles. The van der Waals surface area contributed by atoms with Gasteiger partial charge < -0.3 is 10.3 Å². The summed E-state index contributed by atoms with van der Waals surface area (Å²) in [6, 6.07) is 4.68. The lowest BCUT2D eigenvalue weighted by Gasteiger charge is -2.16. The molecule has 3 aromatic rings. The largest absolute Gasteiger partial charge is 0.369 e. The molecule has 5 nitrogen and oxygen atoms in total. The SMILES string of the molecule is CC(Cn1cccn1)n1c(N)nc2cc(Cl)c(F)cc21. The topological polar surface area (TPSA) is 61.7 Å². The van der Waals surface area contributed by atoms with E-state index in [9.17, 15) is 4.39 Å². The number of nitrogen functional groups attached to an aromatic ring is 1. The molecule has 1 unspecified atom stereocenters. The van der Waals surface area contributed by atoms with E-state index in [0.29, 0.717) is 23.5 Å². The van der Waals surface area contributed by atoms with Gasteiger partial charge in [0.2, 0.25) is 5.95 Å². The Morgan fingerprint density at radius 2 is 2.25 bits per heavy atom. The first-order chi connectivity index (χ1) is 9.56. The minimum Gasteiger partial charge on any atom is -0.369 e. The van der Waals surface area contributed by atoms with Gasteiger partial charge in [-0.2, -0.15) is 5.10 Å². The van der Waals surface area contributed by atoms with Gasteiger partial charge in [0.25, 0.3) is 0 Å². The van der Waals surface area contributed by atoms with Crippen LogP contribution in [0.25, 0.3) is 11.0 Å². The van der Waals surface area contributed by atoms with Gasteiger partial charge in [0.1, 0.15) is 5.82 Å². The van der Waals surface area contributed by atoms with Crippen molar-refractivity contribution in [1.29, 1.82) is 0 Å². The third-order valence-electron chi connectivity index (χ3n) is 3.21.